The second-order valence-electron chi connectivity index (χ2n) is 4.96. The molecule has 1 aliphatic rings. The summed E-state index contributed by atoms with van der Waals surface area (Å²) in [6.45, 7) is 7.12. The molecular formula is C12H25NO. The van der Waals surface area contributed by atoms with Crippen LogP contribution in [0.4, 0.5) is 0 Å². The first kappa shape index (κ1) is 12.0. The van der Waals surface area contributed by atoms with Crippen molar-refractivity contribution in [3.8, 4) is 0 Å². The normalized spacial score (nSPS) is 28.9. The molecule has 2 nitrogen and oxygen atoms in total. The number of aliphatic hydroxyl groups is 1. The van der Waals surface area contributed by atoms with Gasteiger partial charge in [0, 0.05) is 18.7 Å². The number of hydrogen-bond donors (Lipinski definition) is 2. The molecule has 0 heterocycles. The van der Waals surface area contributed by atoms with Crippen molar-refractivity contribution in [2.24, 2.45) is 11.8 Å². The molecule has 1 rings (SSSR count). The van der Waals surface area contributed by atoms with Crippen LogP contribution in [0.5, 0.6) is 0 Å². The maximum absolute atomic E-state index is 8.87. The predicted molar refractivity (Wildman–Crippen MR) is 60.3 cm³/mol. The topological polar surface area (TPSA) is 32.3 Å². The summed E-state index contributed by atoms with van der Waals surface area (Å²) in [6.07, 6.45) is 4.70. The van der Waals surface area contributed by atoms with E-state index in [1.165, 1.54) is 12.8 Å². The molecule has 0 aromatic rings. The summed E-state index contributed by atoms with van der Waals surface area (Å²) in [7, 11) is 0. The van der Waals surface area contributed by atoms with Gasteiger partial charge in [-0.15, -0.1) is 0 Å². The Morgan fingerprint density at radius 1 is 1.36 bits per heavy atom. The average Bonchev–Trinajstić information content (AvgIpc) is 2.07. The van der Waals surface area contributed by atoms with E-state index in [9.17, 15) is 0 Å². The first-order valence-electron chi connectivity index (χ1n) is 6.04. The van der Waals surface area contributed by atoms with Crippen LogP contribution in [0.3, 0.4) is 0 Å². The van der Waals surface area contributed by atoms with Crippen LogP contribution in [0.2, 0.25) is 0 Å². The Balaban J connectivity index is 2.14. The average molecular weight is 199 g/mol. The Kier molecular flexibility index (Phi) is 4.90. The Labute approximate surface area is 88.1 Å². The van der Waals surface area contributed by atoms with E-state index in [4.69, 9.17) is 5.11 Å². The monoisotopic (exact) mass is 199 g/mol. The highest BCUT2D eigenvalue weighted by atomic mass is 16.3. The zero-order valence-electron chi connectivity index (χ0n) is 9.79. The van der Waals surface area contributed by atoms with Gasteiger partial charge in [0.2, 0.25) is 0 Å². The Morgan fingerprint density at radius 2 is 2.00 bits per heavy atom. The fourth-order valence-corrected chi connectivity index (χ4v) is 2.24. The molecule has 0 aromatic heterocycles. The van der Waals surface area contributed by atoms with E-state index >= 15 is 0 Å². The smallest absolute Gasteiger partial charge is 0.0445 e. The van der Waals surface area contributed by atoms with Crippen LogP contribution in [0.25, 0.3) is 0 Å². The third-order valence-electron chi connectivity index (χ3n) is 3.56. The summed E-state index contributed by atoms with van der Waals surface area (Å²) < 4.78 is 0. The largest absolute Gasteiger partial charge is 0.396 e. The Morgan fingerprint density at radius 3 is 2.43 bits per heavy atom. The minimum absolute atomic E-state index is 0.311. The molecule has 0 aliphatic heterocycles. The molecule has 1 fully saturated rings. The third kappa shape index (κ3) is 3.25. The van der Waals surface area contributed by atoms with E-state index < -0.39 is 0 Å². The number of hydrogen-bond acceptors (Lipinski definition) is 2. The van der Waals surface area contributed by atoms with Crippen molar-refractivity contribution in [3.05, 3.63) is 0 Å². The molecule has 0 bridgehead atoms. The van der Waals surface area contributed by atoms with Crippen molar-refractivity contribution < 1.29 is 5.11 Å². The molecule has 0 radical (unpaired) electrons. The number of aliphatic hydroxyl groups excluding tert-OH is 1. The molecule has 1 unspecified atom stereocenters. The molecule has 84 valence electrons. The third-order valence-corrected chi connectivity index (χ3v) is 3.56. The van der Waals surface area contributed by atoms with Crippen molar-refractivity contribution in [2.45, 2.75) is 58.5 Å². The molecule has 1 aliphatic carbocycles. The quantitative estimate of drug-likeness (QED) is 0.687. The lowest BCUT2D eigenvalue weighted by Crippen LogP contribution is -2.47. The lowest BCUT2D eigenvalue weighted by atomic mass is 9.73. The second kappa shape index (κ2) is 5.72. The lowest BCUT2D eigenvalue weighted by Gasteiger charge is -2.40. The first-order valence-corrected chi connectivity index (χ1v) is 6.04. The van der Waals surface area contributed by atoms with Gasteiger partial charge in [-0.05, 0) is 37.5 Å². The molecule has 0 spiro atoms. The summed E-state index contributed by atoms with van der Waals surface area (Å²) >= 11 is 0. The van der Waals surface area contributed by atoms with Crippen molar-refractivity contribution in [3.63, 3.8) is 0 Å². The van der Waals surface area contributed by atoms with Gasteiger partial charge in [-0.25, -0.2) is 0 Å². The van der Waals surface area contributed by atoms with E-state index in [0.717, 1.165) is 30.7 Å². The molecule has 0 saturated heterocycles. The highest BCUT2D eigenvalue weighted by Crippen LogP contribution is 2.33. The van der Waals surface area contributed by atoms with Gasteiger partial charge < -0.3 is 10.4 Å². The highest BCUT2D eigenvalue weighted by molar-refractivity contribution is 4.88. The van der Waals surface area contributed by atoms with Gasteiger partial charge in [-0.3, -0.25) is 0 Å². The summed E-state index contributed by atoms with van der Waals surface area (Å²) in [5.41, 5.74) is 0. The number of nitrogens with one attached hydrogen (secondary N) is 1. The zero-order valence-corrected chi connectivity index (χ0v) is 9.79. The van der Waals surface area contributed by atoms with Crippen molar-refractivity contribution in [2.75, 3.05) is 6.61 Å². The van der Waals surface area contributed by atoms with Gasteiger partial charge in [0.1, 0.15) is 0 Å². The zero-order chi connectivity index (χ0) is 10.6. The van der Waals surface area contributed by atoms with Crippen LogP contribution in [0.1, 0.15) is 46.5 Å². The summed E-state index contributed by atoms with van der Waals surface area (Å²) in [5.74, 6) is 1.77. The standard InChI is InChI=1S/C12H25NO/c1-4-11(5-6-14)13-12-7-10(8-12)9(2)3/h9-14H,4-8H2,1-3H3. The van der Waals surface area contributed by atoms with Gasteiger partial charge >= 0.3 is 0 Å². The van der Waals surface area contributed by atoms with Gasteiger partial charge in [0.15, 0.2) is 0 Å². The van der Waals surface area contributed by atoms with Crippen LogP contribution in [-0.4, -0.2) is 23.8 Å². The van der Waals surface area contributed by atoms with Crippen LogP contribution in [0.15, 0.2) is 0 Å². The second-order valence-corrected chi connectivity index (χ2v) is 4.96. The minimum atomic E-state index is 0.311. The van der Waals surface area contributed by atoms with Crippen molar-refractivity contribution >= 4 is 0 Å². The predicted octanol–water partition coefficient (Wildman–Crippen LogP) is 2.17. The van der Waals surface area contributed by atoms with Gasteiger partial charge in [-0.2, -0.15) is 0 Å². The van der Waals surface area contributed by atoms with Crippen LogP contribution in [-0.2, 0) is 0 Å². The van der Waals surface area contributed by atoms with E-state index in [1.807, 2.05) is 0 Å². The molecule has 14 heavy (non-hydrogen) atoms. The molecule has 1 atom stereocenters. The van der Waals surface area contributed by atoms with Gasteiger partial charge in [-0.1, -0.05) is 20.8 Å². The van der Waals surface area contributed by atoms with Crippen LogP contribution < -0.4 is 5.32 Å². The Bertz CT molecular complexity index is 152. The maximum atomic E-state index is 8.87. The molecule has 1 saturated carbocycles. The summed E-state index contributed by atoms with van der Waals surface area (Å²) in [6, 6.07) is 1.25. The summed E-state index contributed by atoms with van der Waals surface area (Å²) in [5, 5.41) is 12.5. The molecule has 2 heteroatoms. The van der Waals surface area contributed by atoms with Crippen molar-refractivity contribution in [1.82, 2.24) is 5.32 Å². The molecule has 2 N–H and O–H groups in total. The fraction of sp³-hybridized carbons (Fsp3) is 1.00. The van der Waals surface area contributed by atoms with E-state index in [1.54, 1.807) is 0 Å². The minimum Gasteiger partial charge on any atom is -0.396 e. The van der Waals surface area contributed by atoms with Crippen LogP contribution >= 0.6 is 0 Å². The van der Waals surface area contributed by atoms with Crippen LogP contribution in [0, 0.1) is 11.8 Å². The van der Waals surface area contributed by atoms with Crippen molar-refractivity contribution in [1.29, 1.82) is 0 Å². The fourth-order valence-electron chi connectivity index (χ4n) is 2.24. The first-order chi connectivity index (χ1) is 6.67. The lowest BCUT2D eigenvalue weighted by molar-refractivity contribution is 0.148. The number of rotatable bonds is 6. The van der Waals surface area contributed by atoms with Gasteiger partial charge in [0.05, 0.1) is 0 Å². The summed E-state index contributed by atoms with van der Waals surface area (Å²) in [4.78, 5) is 0. The van der Waals surface area contributed by atoms with E-state index in [-0.39, 0.29) is 0 Å². The SMILES string of the molecule is CCC(CCO)NC1CC(C(C)C)C1. The molecule has 0 aromatic carbocycles. The highest BCUT2D eigenvalue weighted by Gasteiger charge is 2.31. The maximum Gasteiger partial charge on any atom is 0.0445 e. The molecule has 0 amide bonds. The molecular weight excluding hydrogens is 174 g/mol. The van der Waals surface area contributed by atoms with Gasteiger partial charge in [0.25, 0.3) is 0 Å². The Hall–Kier alpha value is -0.0800. The van der Waals surface area contributed by atoms with E-state index in [2.05, 4.69) is 26.1 Å². The van der Waals surface area contributed by atoms with E-state index in [0.29, 0.717) is 12.6 Å².